The zero-order chi connectivity index (χ0) is 21.0. The number of benzene rings is 1. The van der Waals surface area contributed by atoms with Crippen LogP contribution in [0.5, 0.6) is 0 Å². The smallest absolute Gasteiger partial charge is 0.191 e. The summed E-state index contributed by atoms with van der Waals surface area (Å²) in [6, 6.07) is 8.47. The van der Waals surface area contributed by atoms with Crippen molar-refractivity contribution in [2.24, 2.45) is 30.2 Å². The van der Waals surface area contributed by atoms with Crippen molar-refractivity contribution in [1.82, 2.24) is 19.7 Å². The van der Waals surface area contributed by atoms with E-state index in [1.165, 1.54) is 55.5 Å². The van der Waals surface area contributed by atoms with Crippen molar-refractivity contribution in [1.29, 1.82) is 0 Å². The molecule has 6 heteroatoms. The Morgan fingerprint density at radius 3 is 2.48 bits per heavy atom. The average molecular weight is 451 g/mol. The van der Waals surface area contributed by atoms with E-state index in [9.17, 15) is 0 Å². The molecule has 2 heterocycles. The van der Waals surface area contributed by atoms with Gasteiger partial charge in [-0.1, -0.05) is 36.0 Å². The second-order valence-corrected chi connectivity index (χ2v) is 12.1. The molecule has 4 aliphatic rings. The van der Waals surface area contributed by atoms with Crippen LogP contribution in [-0.2, 0) is 19.2 Å². The number of aryl methyl sites for hydroxylation is 1. The monoisotopic (exact) mass is 450 g/mol. The molecule has 0 saturated heterocycles. The number of rotatable bonds is 6. The Labute approximate surface area is 192 Å². The molecule has 4 aliphatic carbocycles. The SMILES string of the molecule is Cc1ccccc1-c1nc(CSc2nnc(CC34CC5CC(CC(C5)C3)C4)n2C)cs1. The lowest BCUT2D eigenvalue weighted by Gasteiger charge is -2.56. The molecule has 0 radical (unpaired) electrons. The van der Waals surface area contributed by atoms with Crippen molar-refractivity contribution < 1.29 is 0 Å². The van der Waals surface area contributed by atoms with E-state index in [-0.39, 0.29) is 0 Å². The summed E-state index contributed by atoms with van der Waals surface area (Å²) in [5.74, 6) is 4.98. The molecule has 4 saturated carbocycles. The van der Waals surface area contributed by atoms with E-state index in [0.29, 0.717) is 5.41 Å². The Morgan fingerprint density at radius 1 is 1.06 bits per heavy atom. The highest BCUT2D eigenvalue weighted by molar-refractivity contribution is 7.98. The minimum Gasteiger partial charge on any atom is -0.309 e. The van der Waals surface area contributed by atoms with Gasteiger partial charge >= 0.3 is 0 Å². The molecular formula is C25H30N4S2. The molecular weight excluding hydrogens is 420 g/mol. The highest BCUT2D eigenvalue weighted by atomic mass is 32.2. The zero-order valence-electron chi connectivity index (χ0n) is 18.4. The molecule has 2 aromatic heterocycles. The maximum atomic E-state index is 4.88. The second-order valence-electron chi connectivity index (χ2n) is 10.3. The number of thiazole rings is 1. The summed E-state index contributed by atoms with van der Waals surface area (Å²) < 4.78 is 2.25. The van der Waals surface area contributed by atoms with Crippen molar-refractivity contribution in [2.75, 3.05) is 0 Å². The molecule has 1 aromatic carbocycles. The third-order valence-electron chi connectivity index (χ3n) is 7.90. The largest absolute Gasteiger partial charge is 0.309 e. The van der Waals surface area contributed by atoms with Crippen molar-refractivity contribution >= 4 is 23.1 Å². The van der Waals surface area contributed by atoms with E-state index in [1.54, 1.807) is 23.1 Å². The summed E-state index contributed by atoms with van der Waals surface area (Å²) in [6.45, 7) is 2.15. The fourth-order valence-electron chi connectivity index (χ4n) is 6.91. The van der Waals surface area contributed by atoms with E-state index in [2.05, 4.69) is 58.4 Å². The van der Waals surface area contributed by atoms with E-state index >= 15 is 0 Å². The minimum absolute atomic E-state index is 0.509. The summed E-state index contributed by atoms with van der Waals surface area (Å²) in [5, 5.41) is 13.5. The van der Waals surface area contributed by atoms with Crippen LogP contribution in [0.1, 0.15) is 55.6 Å². The first-order valence-corrected chi connectivity index (χ1v) is 13.4. The van der Waals surface area contributed by atoms with Crippen LogP contribution < -0.4 is 0 Å². The Balaban J connectivity index is 1.13. The van der Waals surface area contributed by atoms with Crippen LogP contribution in [0.2, 0.25) is 0 Å². The van der Waals surface area contributed by atoms with Gasteiger partial charge in [-0.05, 0) is 74.2 Å². The first kappa shape index (κ1) is 20.0. The Kier molecular flexibility index (Phi) is 4.98. The molecule has 0 unspecified atom stereocenters. The molecule has 7 rings (SSSR count). The van der Waals surface area contributed by atoms with Crippen molar-refractivity contribution in [3.05, 3.63) is 46.7 Å². The predicted octanol–water partition coefficient (Wildman–Crippen LogP) is 6.30. The van der Waals surface area contributed by atoms with Crippen molar-refractivity contribution in [2.45, 2.75) is 62.8 Å². The molecule has 3 aromatic rings. The number of hydrogen-bond donors (Lipinski definition) is 0. The van der Waals surface area contributed by atoms with Gasteiger partial charge in [0.15, 0.2) is 5.16 Å². The van der Waals surface area contributed by atoms with Crippen molar-refractivity contribution in [3.63, 3.8) is 0 Å². The molecule has 0 aliphatic heterocycles. The molecule has 162 valence electrons. The zero-order valence-corrected chi connectivity index (χ0v) is 20.0. The van der Waals surface area contributed by atoms with Crippen LogP contribution in [0.25, 0.3) is 10.6 Å². The molecule has 0 N–H and O–H groups in total. The molecule has 4 fully saturated rings. The fourth-order valence-corrected chi connectivity index (χ4v) is 8.75. The van der Waals surface area contributed by atoms with Crippen LogP contribution in [0, 0.1) is 30.1 Å². The van der Waals surface area contributed by atoms with Crippen LogP contribution in [0.3, 0.4) is 0 Å². The Bertz CT molecular complexity index is 1060. The fraction of sp³-hybridized carbons (Fsp3) is 0.560. The van der Waals surface area contributed by atoms with Gasteiger partial charge in [0.2, 0.25) is 0 Å². The summed E-state index contributed by atoms with van der Waals surface area (Å²) in [4.78, 5) is 4.88. The third kappa shape index (κ3) is 3.76. The van der Waals surface area contributed by atoms with Gasteiger partial charge in [0.05, 0.1) is 5.69 Å². The van der Waals surface area contributed by atoms with Crippen molar-refractivity contribution in [3.8, 4) is 10.6 Å². The Hall–Kier alpha value is -1.66. The van der Waals surface area contributed by atoms with Crippen LogP contribution in [-0.4, -0.2) is 19.7 Å². The van der Waals surface area contributed by atoms with Gasteiger partial charge in [0.1, 0.15) is 10.8 Å². The van der Waals surface area contributed by atoms with Gasteiger partial charge in [-0.2, -0.15) is 0 Å². The molecule has 31 heavy (non-hydrogen) atoms. The number of aromatic nitrogens is 4. The van der Waals surface area contributed by atoms with Gasteiger partial charge < -0.3 is 4.57 Å². The maximum Gasteiger partial charge on any atom is 0.191 e. The lowest BCUT2D eigenvalue weighted by atomic mass is 9.49. The highest BCUT2D eigenvalue weighted by Crippen LogP contribution is 2.61. The van der Waals surface area contributed by atoms with E-state index < -0.39 is 0 Å². The van der Waals surface area contributed by atoms with Gasteiger partial charge in [0.25, 0.3) is 0 Å². The lowest BCUT2D eigenvalue weighted by molar-refractivity contribution is -0.0535. The van der Waals surface area contributed by atoms with Crippen LogP contribution in [0.4, 0.5) is 0 Å². The molecule has 0 amide bonds. The molecule has 0 atom stereocenters. The topological polar surface area (TPSA) is 43.6 Å². The molecule has 4 bridgehead atoms. The first-order valence-electron chi connectivity index (χ1n) is 11.6. The van der Waals surface area contributed by atoms with Crippen LogP contribution >= 0.6 is 23.1 Å². The first-order chi connectivity index (χ1) is 15.1. The second kappa shape index (κ2) is 7.73. The molecule has 4 nitrogen and oxygen atoms in total. The summed E-state index contributed by atoms with van der Waals surface area (Å²) in [5.41, 5.74) is 4.15. The standard InChI is InChI=1S/C25H30N4S2/c1-16-5-3-4-6-21(16)23-26-20(14-30-23)15-31-24-28-27-22(29(24)2)13-25-10-17-7-18(11-25)9-19(8-17)12-25/h3-6,14,17-19H,7-13,15H2,1-2H3. The quantitative estimate of drug-likeness (QED) is 0.414. The average Bonchev–Trinajstić information content (AvgIpc) is 3.33. The maximum absolute atomic E-state index is 4.88. The predicted molar refractivity (Wildman–Crippen MR) is 127 cm³/mol. The number of hydrogen-bond acceptors (Lipinski definition) is 5. The normalized spacial score (nSPS) is 29.0. The van der Waals surface area contributed by atoms with Gasteiger partial charge in [-0.15, -0.1) is 21.5 Å². The summed E-state index contributed by atoms with van der Waals surface area (Å²) >= 11 is 3.49. The Morgan fingerprint density at radius 2 is 1.77 bits per heavy atom. The van der Waals surface area contributed by atoms with Gasteiger partial charge in [-0.3, -0.25) is 0 Å². The van der Waals surface area contributed by atoms with Crippen LogP contribution in [0.15, 0.2) is 34.8 Å². The lowest BCUT2D eigenvalue weighted by Crippen LogP contribution is -2.47. The minimum atomic E-state index is 0.509. The molecule has 0 spiro atoms. The van der Waals surface area contributed by atoms with Gasteiger partial charge in [-0.25, -0.2) is 4.98 Å². The highest BCUT2D eigenvalue weighted by Gasteiger charge is 2.51. The van der Waals surface area contributed by atoms with E-state index in [1.807, 2.05) is 0 Å². The number of nitrogens with zero attached hydrogens (tertiary/aromatic N) is 4. The van der Waals surface area contributed by atoms with E-state index in [0.717, 1.165) is 45.8 Å². The van der Waals surface area contributed by atoms with E-state index in [4.69, 9.17) is 4.98 Å². The third-order valence-corrected chi connectivity index (χ3v) is 9.88. The number of thioether (sulfide) groups is 1. The summed E-state index contributed by atoms with van der Waals surface area (Å²) in [6.07, 6.45) is 9.89. The summed E-state index contributed by atoms with van der Waals surface area (Å²) in [7, 11) is 2.15. The van der Waals surface area contributed by atoms with Gasteiger partial charge in [0, 0.05) is 30.2 Å².